The Kier molecular flexibility index (Phi) is 10.3. The summed E-state index contributed by atoms with van der Waals surface area (Å²) in [4.78, 5) is 14.9. The van der Waals surface area contributed by atoms with E-state index in [0.717, 1.165) is 24.4 Å². The first-order chi connectivity index (χ1) is 16.7. The highest BCUT2D eigenvalue weighted by Gasteiger charge is 2.24. The van der Waals surface area contributed by atoms with Gasteiger partial charge in [0.15, 0.2) is 23.0 Å². The molecule has 1 aliphatic heterocycles. The molecular formula is C26H36N2O6. The largest absolute Gasteiger partial charge is 0.493 e. The number of hydrogen-bond acceptors (Lipinski definition) is 7. The van der Waals surface area contributed by atoms with Gasteiger partial charge in [-0.15, -0.1) is 0 Å². The van der Waals surface area contributed by atoms with E-state index in [2.05, 4.69) is 10.2 Å². The molecule has 0 saturated carbocycles. The highest BCUT2D eigenvalue weighted by molar-refractivity contribution is 5.75. The zero-order valence-electron chi connectivity index (χ0n) is 20.4. The molecule has 1 heterocycles. The summed E-state index contributed by atoms with van der Waals surface area (Å²) in [5, 5.41) is 3.10. The molecule has 0 bridgehead atoms. The van der Waals surface area contributed by atoms with E-state index in [1.54, 1.807) is 14.2 Å². The highest BCUT2D eigenvalue weighted by atomic mass is 16.5. The number of carbonyl (C=O) groups excluding carboxylic acids is 1. The van der Waals surface area contributed by atoms with Gasteiger partial charge in [0.2, 0.25) is 5.91 Å². The van der Waals surface area contributed by atoms with Gasteiger partial charge in [-0.2, -0.15) is 0 Å². The number of benzene rings is 2. The van der Waals surface area contributed by atoms with Gasteiger partial charge in [0.05, 0.1) is 46.7 Å². The highest BCUT2D eigenvalue weighted by Crippen LogP contribution is 2.32. The van der Waals surface area contributed by atoms with E-state index in [-0.39, 0.29) is 11.9 Å². The van der Waals surface area contributed by atoms with Crippen LogP contribution in [0.2, 0.25) is 0 Å². The van der Waals surface area contributed by atoms with E-state index in [1.165, 1.54) is 0 Å². The number of methoxy groups -OCH3 is 2. The molecule has 0 spiro atoms. The Balaban J connectivity index is 1.54. The monoisotopic (exact) mass is 472 g/mol. The average Bonchev–Trinajstić information content (AvgIpc) is 2.88. The number of ether oxygens (including phenoxy) is 5. The number of carbonyl (C=O) groups is 1. The smallest absolute Gasteiger partial charge is 0.220 e. The fraction of sp³-hybridized carbons (Fsp3) is 0.500. The molecule has 1 saturated heterocycles. The van der Waals surface area contributed by atoms with Crippen LogP contribution in [0.5, 0.6) is 23.0 Å². The molecule has 1 atom stereocenters. The van der Waals surface area contributed by atoms with E-state index in [0.29, 0.717) is 63.1 Å². The van der Waals surface area contributed by atoms with Crippen molar-refractivity contribution in [2.45, 2.75) is 25.8 Å². The summed E-state index contributed by atoms with van der Waals surface area (Å²) in [5.74, 6) is 2.78. The van der Waals surface area contributed by atoms with Crippen molar-refractivity contribution < 1.29 is 28.5 Å². The Hall–Kier alpha value is -2.97. The molecule has 8 nitrogen and oxygen atoms in total. The molecule has 0 aromatic heterocycles. The minimum absolute atomic E-state index is 0.000398. The molecule has 0 radical (unpaired) electrons. The van der Waals surface area contributed by atoms with E-state index in [4.69, 9.17) is 23.7 Å². The lowest BCUT2D eigenvalue weighted by Crippen LogP contribution is -2.43. The Morgan fingerprint density at radius 2 is 1.71 bits per heavy atom. The summed E-state index contributed by atoms with van der Waals surface area (Å²) >= 11 is 0. The SMILES string of the molecule is CCOc1ccccc1OCCCC(=O)NCC(c1ccc(OC)c(OC)c1)N1CCOCC1. The summed E-state index contributed by atoms with van der Waals surface area (Å²) in [7, 11) is 3.25. The molecule has 2 aromatic rings. The van der Waals surface area contributed by atoms with Crippen molar-refractivity contribution >= 4 is 5.91 Å². The molecule has 1 amide bonds. The summed E-state index contributed by atoms with van der Waals surface area (Å²) in [6.07, 6.45) is 1.00. The predicted molar refractivity (Wildman–Crippen MR) is 130 cm³/mol. The van der Waals surface area contributed by atoms with Crippen LogP contribution >= 0.6 is 0 Å². The number of para-hydroxylation sites is 2. The van der Waals surface area contributed by atoms with Crippen molar-refractivity contribution in [3.8, 4) is 23.0 Å². The zero-order chi connectivity index (χ0) is 24.2. The average molecular weight is 473 g/mol. The van der Waals surface area contributed by atoms with Gasteiger partial charge in [0, 0.05) is 26.1 Å². The molecule has 186 valence electrons. The van der Waals surface area contributed by atoms with Crippen LogP contribution in [0.25, 0.3) is 0 Å². The summed E-state index contributed by atoms with van der Waals surface area (Å²) in [6, 6.07) is 13.5. The third-order valence-corrected chi connectivity index (χ3v) is 5.73. The summed E-state index contributed by atoms with van der Waals surface area (Å²) in [5.41, 5.74) is 1.07. The van der Waals surface area contributed by atoms with E-state index in [9.17, 15) is 4.79 Å². The van der Waals surface area contributed by atoms with Gasteiger partial charge in [0.1, 0.15) is 0 Å². The molecule has 1 aliphatic rings. The quantitative estimate of drug-likeness (QED) is 0.448. The molecule has 1 N–H and O–H groups in total. The zero-order valence-corrected chi connectivity index (χ0v) is 20.4. The lowest BCUT2D eigenvalue weighted by Gasteiger charge is -2.35. The minimum Gasteiger partial charge on any atom is -0.493 e. The maximum absolute atomic E-state index is 12.6. The second-order valence-corrected chi connectivity index (χ2v) is 7.91. The molecule has 0 aliphatic carbocycles. The molecule has 3 rings (SSSR count). The minimum atomic E-state index is 0.000398. The van der Waals surface area contributed by atoms with Crippen LogP contribution < -0.4 is 24.3 Å². The Morgan fingerprint density at radius 1 is 1.00 bits per heavy atom. The van der Waals surface area contributed by atoms with Crippen molar-refractivity contribution in [1.82, 2.24) is 10.2 Å². The van der Waals surface area contributed by atoms with Gasteiger partial charge in [-0.1, -0.05) is 18.2 Å². The van der Waals surface area contributed by atoms with Gasteiger partial charge in [-0.3, -0.25) is 9.69 Å². The maximum Gasteiger partial charge on any atom is 0.220 e. The van der Waals surface area contributed by atoms with Gasteiger partial charge < -0.3 is 29.0 Å². The van der Waals surface area contributed by atoms with E-state index < -0.39 is 0 Å². The first-order valence-electron chi connectivity index (χ1n) is 11.8. The molecule has 8 heteroatoms. The first kappa shape index (κ1) is 25.6. The van der Waals surface area contributed by atoms with Gasteiger partial charge >= 0.3 is 0 Å². The van der Waals surface area contributed by atoms with Crippen LogP contribution in [0.3, 0.4) is 0 Å². The molecule has 34 heavy (non-hydrogen) atoms. The van der Waals surface area contributed by atoms with Crippen LogP contribution in [-0.2, 0) is 9.53 Å². The Labute approximate surface area is 202 Å². The van der Waals surface area contributed by atoms with Crippen LogP contribution in [-0.4, -0.2) is 71.1 Å². The number of amides is 1. The van der Waals surface area contributed by atoms with Crippen LogP contribution in [0, 0.1) is 0 Å². The third kappa shape index (κ3) is 7.27. The van der Waals surface area contributed by atoms with Crippen LogP contribution in [0.1, 0.15) is 31.4 Å². The van der Waals surface area contributed by atoms with Crippen molar-refractivity contribution in [3.05, 3.63) is 48.0 Å². The van der Waals surface area contributed by atoms with Gasteiger partial charge in [0.25, 0.3) is 0 Å². The number of nitrogens with one attached hydrogen (secondary N) is 1. The van der Waals surface area contributed by atoms with Crippen molar-refractivity contribution in [2.75, 3.05) is 60.3 Å². The standard InChI is InChI=1S/C26H36N2O6/c1-4-33-23-8-5-6-9-24(23)34-15-7-10-26(29)27-19-21(28-13-16-32-17-14-28)20-11-12-22(30-2)25(18-20)31-3/h5-6,8-9,11-12,18,21H,4,7,10,13-17,19H2,1-3H3,(H,27,29). The maximum atomic E-state index is 12.6. The second kappa shape index (κ2) is 13.7. The number of nitrogens with zero attached hydrogens (tertiary/aromatic N) is 1. The fourth-order valence-electron chi connectivity index (χ4n) is 3.96. The first-order valence-corrected chi connectivity index (χ1v) is 11.8. The van der Waals surface area contributed by atoms with Crippen molar-refractivity contribution in [2.24, 2.45) is 0 Å². The van der Waals surface area contributed by atoms with E-state index in [1.807, 2.05) is 49.4 Å². The van der Waals surface area contributed by atoms with Crippen LogP contribution in [0.4, 0.5) is 0 Å². The summed E-state index contributed by atoms with van der Waals surface area (Å²) in [6.45, 7) is 6.43. The Bertz CT molecular complexity index is 901. The normalized spacial score (nSPS) is 14.8. The van der Waals surface area contributed by atoms with Gasteiger partial charge in [-0.25, -0.2) is 0 Å². The number of rotatable bonds is 13. The van der Waals surface area contributed by atoms with Crippen molar-refractivity contribution in [3.63, 3.8) is 0 Å². The molecule has 1 unspecified atom stereocenters. The second-order valence-electron chi connectivity index (χ2n) is 7.91. The fourth-order valence-corrected chi connectivity index (χ4v) is 3.96. The predicted octanol–water partition coefficient (Wildman–Crippen LogP) is 3.45. The molecule has 1 fully saturated rings. The van der Waals surface area contributed by atoms with E-state index >= 15 is 0 Å². The van der Waals surface area contributed by atoms with Gasteiger partial charge in [-0.05, 0) is 43.2 Å². The van der Waals surface area contributed by atoms with Crippen molar-refractivity contribution in [1.29, 1.82) is 0 Å². The molecule has 2 aromatic carbocycles. The molecular weight excluding hydrogens is 436 g/mol. The lowest BCUT2D eigenvalue weighted by molar-refractivity contribution is -0.121. The summed E-state index contributed by atoms with van der Waals surface area (Å²) < 4.78 is 27.8. The number of morpholine rings is 1. The lowest BCUT2D eigenvalue weighted by atomic mass is 10.0. The van der Waals surface area contributed by atoms with Crippen LogP contribution in [0.15, 0.2) is 42.5 Å². The number of hydrogen-bond donors (Lipinski definition) is 1. The third-order valence-electron chi connectivity index (χ3n) is 5.73. The Morgan fingerprint density at radius 3 is 2.38 bits per heavy atom. The topological polar surface area (TPSA) is 78.5 Å².